The molecule has 0 saturated carbocycles. The summed E-state index contributed by atoms with van der Waals surface area (Å²) in [7, 11) is -3.47. The van der Waals surface area contributed by atoms with Gasteiger partial charge in [-0.25, -0.2) is 8.42 Å². The molecule has 0 bridgehead atoms. The molecule has 3 N–H and O–H groups in total. The molecule has 11 heteroatoms. The summed E-state index contributed by atoms with van der Waals surface area (Å²) in [6, 6.07) is 6.53. The van der Waals surface area contributed by atoms with Crippen LogP contribution in [0, 0.1) is 6.92 Å². The molecule has 0 amide bonds. The number of carboxylic acids is 2. The molecule has 9 nitrogen and oxygen atoms in total. The number of aliphatic hydroxyl groups excluding tert-OH is 1. The average molecular weight is 483 g/mol. The van der Waals surface area contributed by atoms with Crippen LogP contribution in [0.15, 0.2) is 41.5 Å². The van der Waals surface area contributed by atoms with Gasteiger partial charge in [-0.1, -0.05) is 24.3 Å². The van der Waals surface area contributed by atoms with E-state index in [1.54, 1.807) is 29.2 Å². The number of sulfone groups is 1. The Morgan fingerprint density at radius 2 is 1.40 bits per heavy atom. The Kier molecular flexibility index (Phi) is 12.6. The molecule has 1 aromatic carbocycles. The van der Waals surface area contributed by atoms with Crippen LogP contribution >= 0.6 is 0 Å². The number of nitrogens with zero attached hydrogens (tertiary/aromatic N) is 2. The standard InChI is InChI=1S/C19H28N2O7S.Mn/c1-15-4-6-17(7-5-15)29(27,28)11-3-8-20(13-18(23)24)9-10-21(12-16(2)22)14-19(25)26;/h4-7,22H,2-3,8-14H2,1H3,(H,23,24)(H,25,26);/q;+2. The maximum Gasteiger partial charge on any atom is 2.00 e. The second-order valence-corrected chi connectivity index (χ2v) is 8.94. The fraction of sp³-hybridized carbons (Fsp3) is 0.474. The maximum atomic E-state index is 12.4. The van der Waals surface area contributed by atoms with Gasteiger partial charge in [0.25, 0.3) is 0 Å². The molecule has 0 aromatic heterocycles. The van der Waals surface area contributed by atoms with Gasteiger partial charge in [-0.05, 0) is 32.0 Å². The second kappa shape index (κ2) is 13.4. The van der Waals surface area contributed by atoms with Crippen molar-refractivity contribution in [1.29, 1.82) is 0 Å². The maximum absolute atomic E-state index is 12.4. The molecular formula is C19H28MnN2O7S+2. The van der Waals surface area contributed by atoms with E-state index in [2.05, 4.69) is 6.58 Å². The summed E-state index contributed by atoms with van der Waals surface area (Å²) in [5.74, 6) is -2.47. The van der Waals surface area contributed by atoms with Crippen LogP contribution in [0.4, 0.5) is 0 Å². The van der Waals surface area contributed by atoms with Crippen molar-refractivity contribution in [1.82, 2.24) is 9.80 Å². The average Bonchev–Trinajstić information content (AvgIpc) is 2.58. The zero-order valence-corrected chi connectivity index (χ0v) is 18.8. The number of aliphatic hydroxyl groups is 1. The molecule has 0 fully saturated rings. The molecule has 30 heavy (non-hydrogen) atoms. The molecular weight excluding hydrogens is 455 g/mol. The van der Waals surface area contributed by atoms with Crippen LogP contribution in [0.5, 0.6) is 0 Å². The van der Waals surface area contributed by atoms with Gasteiger partial charge < -0.3 is 15.3 Å². The van der Waals surface area contributed by atoms with Gasteiger partial charge in [0.2, 0.25) is 0 Å². The molecule has 0 unspecified atom stereocenters. The van der Waals surface area contributed by atoms with Gasteiger partial charge in [-0.2, -0.15) is 0 Å². The number of rotatable bonds is 14. The van der Waals surface area contributed by atoms with E-state index in [9.17, 15) is 23.1 Å². The summed E-state index contributed by atoms with van der Waals surface area (Å²) in [5, 5.41) is 27.3. The van der Waals surface area contributed by atoms with Crippen LogP contribution < -0.4 is 0 Å². The monoisotopic (exact) mass is 483 g/mol. The fourth-order valence-electron chi connectivity index (χ4n) is 2.75. The summed E-state index contributed by atoms with van der Waals surface area (Å²) in [4.78, 5) is 25.2. The Bertz CT molecular complexity index is 797. The third-order valence-electron chi connectivity index (χ3n) is 4.12. The molecule has 0 saturated heterocycles. The van der Waals surface area contributed by atoms with E-state index in [-0.39, 0.29) is 79.2 Å². The van der Waals surface area contributed by atoms with E-state index in [1.807, 2.05) is 6.92 Å². The Labute approximate surface area is 187 Å². The van der Waals surface area contributed by atoms with Gasteiger partial charge in [0, 0.05) is 13.1 Å². The number of hydrogen-bond acceptors (Lipinski definition) is 7. The number of aryl methyl sites for hydroxylation is 1. The van der Waals surface area contributed by atoms with Crippen molar-refractivity contribution in [3.63, 3.8) is 0 Å². The molecule has 0 aliphatic heterocycles. The number of carbonyl (C=O) groups is 2. The number of aliphatic carboxylic acids is 2. The normalized spacial score (nSPS) is 11.3. The predicted molar refractivity (Wildman–Crippen MR) is 108 cm³/mol. The van der Waals surface area contributed by atoms with Crippen molar-refractivity contribution in [2.75, 3.05) is 45.0 Å². The van der Waals surface area contributed by atoms with Crippen molar-refractivity contribution in [2.45, 2.75) is 18.2 Å². The Balaban J connectivity index is 0.00000841. The van der Waals surface area contributed by atoms with Crippen LogP contribution in [0.25, 0.3) is 0 Å². The molecule has 1 aromatic rings. The largest absolute Gasteiger partial charge is 2.00 e. The first-order valence-electron chi connectivity index (χ1n) is 9.04. The molecule has 0 aliphatic rings. The Hall–Kier alpha value is -1.91. The van der Waals surface area contributed by atoms with E-state index >= 15 is 0 Å². The Morgan fingerprint density at radius 1 is 0.900 bits per heavy atom. The summed E-state index contributed by atoms with van der Waals surface area (Å²) in [6.07, 6.45) is 0.231. The van der Waals surface area contributed by atoms with Crippen LogP contribution in [-0.4, -0.2) is 90.5 Å². The van der Waals surface area contributed by atoms with Crippen LogP contribution in [0.3, 0.4) is 0 Å². The van der Waals surface area contributed by atoms with E-state index in [0.717, 1.165) is 5.56 Å². The third kappa shape index (κ3) is 11.3. The predicted octanol–water partition coefficient (Wildman–Crippen LogP) is 1.00. The van der Waals surface area contributed by atoms with Gasteiger partial charge in [0.15, 0.2) is 9.84 Å². The summed E-state index contributed by atoms with van der Waals surface area (Å²) >= 11 is 0. The minimum absolute atomic E-state index is 0. The van der Waals surface area contributed by atoms with Crippen molar-refractivity contribution in [3.05, 3.63) is 42.2 Å². The smallest absolute Gasteiger partial charge is 0.512 e. The SMILES string of the molecule is C=C(O)CN(CCN(CCCS(=O)(=O)c1ccc(C)cc1)CC(=O)O)CC(=O)O.[Mn+2]. The molecule has 0 heterocycles. The Morgan fingerprint density at radius 3 is 1.90 bits per heavy atom. The molecule has 0 aliphatic carbocycles. The molecule has 167 valence electrons. The van der Waals surface area contributed by atoms with Crippen LogP contribution in [-0.2, 0) is 36.5 Å². The van der Waals surface area contributed by atoms with Crippen molar-refractivity contribution in [2.24, 2.45) is 0 Å². The summed E-state index contributed by atoms with van der Waals surface area (Å²) in [6.45, 7) is 5.13. The molecule has 0 atom stereocenters. The first-order valence-corrected chi connectivity index (χ1v) is 10.7. The third-order valence-corrected chi connectivity index (χ3v) is 5.94. The van der Waals surface area contributed by atoms with Gasteiger partial charge in [0.05, 0.1) is 36.0 Å². The minimum atomic E-state index is -3.47. The molecule has 1 rings (SSSR count). The van der Waals surface area contributed by atoms with Gasteiger partial charge >= 0.3 is 29.0 Å². The van der Waals surface area contributed by atoms with E-state index in [4.69, 9.17) is 10.2 Å². The minimum Gasteiger partial charge on any atom is -0.512 e. The van der Waals surface area contributed by atoms with Gasteiger partial charge in [-0.3, -0.25) is 19.4 Å². The zero-order valence-electron chi connectivity index (χ0n) is 16.8. The van der Waals surface area contributed by atoms with Crippen LogP contribution in [0.2, 0.25) is 0 Å². The topological polar surface area (TPSA) is 135 Å². The number of benzene rings is 1. The molecule has 1 radical (unpaired) electrons. The number of carboxylic acid groups (broad SMARTS) is 2. The van der Waals surface area contributed by atoms with Gasteiger partial charge in [-0.15, -0.1) is 0 Å². The van der Waals surface area contributed by atoms with Crippen molar-refractivity contribution in [3.8, 4) is 0 Å². The summed E-state index contributed by atoms with van der Waals surface area (Å²) in [5.41, 5.74) is 0.952. The zero-order chi connectivity index (χ0) is 22.0. The second-order valence-electron chi connectivity index (χ2n) is 6.83. The van der Waals surface area contributed by atoms with E-state index in [1.165, 1.54) is 4.90 Å². The first kappa shape index (κ1) is 28.1. The number of hydrogen-bond donors (Lipinski definition) is 3. The van der Waals surface area contributed by atoms with Crippen LogP contribution in [0.1, 0.15) is 12.0 Å². The van der Waals surface area contributed by atoms with E-state index in [0.29, 0.717) is 0 Å². The van der Waals surface area contributed by atoms with Crippen molar-refractivity contribution < 1.29 is 50.4 Å². The van der Waals surface area contributed by atoms with E-state index < -0.39 is 21.8 Å². The fourth-order valence-corrected chi connectivity index (χ4v) is 4.04. The summed E-state index contributed by atoms with van der Waals surface area (Å²) < 4.78 is 24.8. The van der Waals surface area contributed by atoms with Gasteiger partial charge in [0.1, 0.15) is 0 Å². The quantitative estimate of drug-likeness (QED) is 0.262. The first-order chi connectivity index (χ1) is 13.5. The van der Waals surface area contributed by atoms with Crippen molar-refractivity contribution >= 4 is 21.8 Å². The molecule has 0 spiro atoms.